The van der Waals surface area contributed by atoms with Gasteiger partial charge in [-0.2, -0.15) is 0 Å². The summed E-state index contributed by atoms with van der Waals surface area (Å²) < 4.78 is 18.3. The number of nitrogens with zero attached hydrogens (tertiary/aromatic N) is 1. The molecule has 0 spiro atoms. The number of nitrogens with one attached hydrogen (secondary N) is 2. The minimum Gasteiger partial charge on any atom is -0.448 e. The van der Waals surface area contributed by atoms with Gasteiger partial charge in [-0.05, 0) is 74.5 Å². The van der Waals surface area contributed by atoms with Gasteiger partial charge in [-0.15, -0.1) is 0 Å². The molecular formula is C23H24FN3O3. The van der Waals surface area contributed by atoms with E-state index < -0.39 is 6.09 Å². The summed E-state index contributed by atoms with van der Waals surface area (Å²) in [5.74, 6) is -0.306. The minimum atomic E-state index is -0.480. The highest BCUT2D eigenvalue weighted by molar-refractivity contribution is 5.97. The summed E-state index contributed by atoms with van der Waals surface area (Å²) in [7, 11) is 0. The van der Waals surface area contributed by atoms with Crippen molar-refractivity contribution in [2.75, 3.05) is 31.6 Å². The standard InChI is InChI=1S/C23H24FN3O3/c24-19-3-1-16(2-4-19)22(28)17-8-11-27(12-9-17)13-14-30-23(29)26-20-5-6-21-18(15-20)7-10-25-21/h1-7,10,15,17,25H,8-9,11-14H2,(H,26,29). The Balaban J connectivity index is 1.18. The molecule has 3 aromatic rings. The normalized spacial score (nSPS) is 15.2. The number of Topliss-reactive ketones (excluding diaryl/α,β-unsaturated/α-hetero) is 1. The number of hydrogen-bond acceptors (Lipinski definition) is 4. The Morgan fingerprint density at radius 2 is 1.87 bits per heavy atom. The number of piperidine rings is 1. The molecule has 0 atom stereocenters. The Morgan fingerprint density at radius 3 is 2.63 bits per heavy atom. The molecule has 0 saturated carbocycles. The lowest BCUT2D eigenvalue weighted by Crippen LogP contribution is -2.38. The number of likely N-dealkylation sites (tertiary alicyclic amines) is 1. The predicted octanol–water partition coefficient (Wildman–Crippen LogP) is 4.45. The van der Waals surface area contributed by atoms with Crippen molar-refractivity contribution < 1.29 is 18.7 Å². The number of fused-ring (bicyclic) bond motifs is 1. The smallest absolute Gasteiger partial charge is 0.411 e. The molecule has 0 radical (unpaired) electrons. The molecule has 1 aliphatic rings. The molecule has 1 fully saturated rings. The van der Waals surface area contributed by atoms with E-state index in [1.807, 2.05) is 30.5 Å². The number of carbonyl (C=O) groups is 2. The first-order chi connectivity index (χ1) is 14.6. The van der Waals surface area contributed by atoms with Gasteiger partial charge < -0.3 is 9.72 Å². The summed E-state index contributed by atoms with van der Waals surface area (Å²) in [4.78, 5) is 29.9. The van der Waals surface area contributed by atoms with Crippen LogP contribution < -0.4 is 5.32 Å². The van der Waals surface area contributed by atoms with Crippen LogP contribution in [0, 0.1) is 11.7 Å². The average Bonchev–Trinajstić information content (AvgIpc) is 3.22. The maximum atomic E-state index is 13.0. The first-order valence-corrected chi connectivity index (χ1v) is 10.1. The first kappa shape index (κ1) is 20.1. The molecule has 30 heavy (non-hydrogen) atoms. The number of halogens is 1. The van der Waals surface area contributed by atoms with Crippen molar-refractivity contribution in [2.24, 2.45) is 5.92 Å². The van der Waals surface area contributed by atoms with E-state index >= 15 is 0 Å². The first-order valence-electron chi connectivity index (χ1n) is 10.1. The zero-order valence-corrected chi connectivity index (χ0v) is 16.6. The number of H-pyrrole nitrogens is 1. The van der Waals surface area contributed by atoms with Gasteiger partial charge in [0.05, 0.1) is 0 Å². The van der Waals surface area contributed by atoms with Crippen LogP contribution in [0.5, 0.6) is 0 Å². The van der Waals surface area contributed by atoms with Crippen molar-refractivity contribution >= 4 is 28.5 Å². The highest BCUT2D eigenvalue weighted by atomic mass is 19.1. The van der Waals surface area contributed by atoms with E-state index in [0.717, 1.165) is 36.8 Å². The van der Waals surface area contributed by atoms with E-state index in [2.05, 4.69) is 15.2 Å². The highest BCUT2D eigenvalue weighted by Crippen LogP contribution is 2.22. The van der Waals surface area contributed by atoms with Crippen LogP contribution in [0.3, 0.4) is 0 Å². The SMILES string of the molecule is O=C(Nc1ccc2[nH]ccc2c1)OCCN1CCC(C(=O)c2ccc(F)cc2)CC1. The van der Waals surface area contributed by atoms with Gasteiger partial charge in [0.15, 0.2) is 5.78 Å². The summed E-state index contributed by atoms with van der Waals surface area (Å²) in [6.45, 7) is 2.45. The molecule has 0 aliphatic carbocycles. The van der Waals surface area contributed by atoms with E-state index in [1.165, 1.54) is 12.1 Å². The molecule has 1 aromatic heterocycles. The minimum absolute atomic E-state index is 0.0423. The zero-order valence-electron chi connectivity index (χ0n) is 16.6. The predicted molar refractivity (Wildman–Crippen MR) is 113 cm³/mol. The average molecular weight is 409 g/mol. The molecule has 1 saturated heterocycles. The Kier molecular flexibility index (Phi) is 6.09. The third kappa shape index (κ3) is 4.86. The van der Waals surface area contributed by atoms with Crippen molar-refractivity contribution in [3.63, 3.8) is 0 Å². The number of carbonyl (C=O) groups excluding carboxylic acids is 2. The Bertz CT molecular complexity index is 1020. The molecule has 1 amide bonds. The molecule has 6 nitrogen and oxygen atoms in total. The van der Waals surface area contributed by atoms with Gasteiger partial charge >= 0.3 is 6.09 Å². The number of hydrogen-bond donors (Lipinski definition) is 2. The number of amides is 1. The maximum Gasteiger partial charge on any atom is 0.411 e. The van der Waals surface area contributed by atoms with Crippen molar-refractivity contribution in [1.82, 2.24) is 9.88 Å². The molecule has 0 bridgehead atoms. The summed E-state index contributed by atoms with van der Waals surface area (Å²) in [5, 5.41) is 3.76. The van der Waals surface area contributed by atoms with Gasteiger partial charge in [0, 0.05) is 40.8 Å². The van der Waals surface area contributed by atoms with Gasteiger partial charge in [0.2, 0.25) is 0 Å². The summed E-state index contributed by atoms with van der Waals surface area (Å²) in [6, 6.07) is 13.3. The maximum absolute atomic E-state index is 13.0. The molecule has 0 unspecified atom stereocenters. The van der Waals surface area contributed by atoms with E-state index in [1.54, 1.807) is 12.1 Å². The number of ether oxygens (including phenoxy) is 1. The second-order valence-corrected chi connectivity index (χ2v) is 7.53. The van der Waals surface area contributed by atoms with Crippen LogP contribution in [0.15, 0.2) is 54.7 Å². The second kappa shape index (κ2) is 9.09. The van der Waals surface area contributed by atoms with Crippen LogP contribution >= 0.6 is 0 Å². The number of aromatic nitrogens is 1. The number of aromatic amines is 1. The second-order valence-electron chi connectivity index (χ2n) is 7.53. The number of anilines is 1. The Hall–Kier alpha value is -3.19. The van der Waals surface area contributed by atoms with Gasteiger partial charge in [-0.1, -0.05) is 0 Å². The van der Waals surface area contributed by atoms with Gasteiger partial charge in [-0.25, -0.2) is 9.18 Å². The number of benzene rings is 2. The van der Waals surface area contributed by atoms with Crippen LogP contribution in [0.25, 0.3) is 10.9 Å². The zero-order chi connectivity index (χ0) is 20.9. The van der Waals surface area contributed by atoms with Crippen molar-refractivity contribution in [3.8, 4) is 0 Å². The van der Waals surface area contributed by atoms with Gasteiger partial charge in [-0.3, -0.25) is 15.0 Å². The summed E-state index contributed by atoms with van der Waals surface area (Å²) in [6.07, 6.45) is 2.87. The largest absolute Gasteiger partial charge is 0.448 e. The lowest BCUT2D eigenvalue weighted by Gasteiger charge is -2.31. The van der Waals surface area contributed by atoms with E-state index in [9.17, 15) is 14.0 Å². The van der Waals surface area contributed by atoms with Crippen molar-refractivity contribution in [1.29, 1.82) is 0 Å². The lowest BCUT2D eigenvalue weighted by molar-refractivity contribution is 0.0813. The topological polar surface area (TPSA) is 74.4 Å². The van der Waals surface area contributed by atoms with Gasteiger partial charge in [0.25, 0.3) is 0 Å². The van der Waals surface area contributed by atoms with Gasteiger partial charge in [0.1, 0.15) is 12.4 Å². The fourth-order valence-corrected chi connectivity index (χ4v) is 3.82. The van der Waals surface area contributed by atoms with Crippen LogP contribution in [0.2, 0.25) is 0 Å². The fraction of sp³-hybridized carbons (Fsp3) is 0.304. The molecule has 156 valence electrons. The monoisotopic (exact) mass is 409 g/mol. The highest BCUT2D eigenvalue weighted by Gasteiger charge is 2.25. The Morgan fingerprint density at radius 1 is 1.10 bits per heavy atom. The van der Waals surface area contributed by atoms with Crippen molar-refractivity contribution in [2.45, 2.75) is 12.8 Å². The quantitative estimate of drug-likeness (QED) is 0.590. The van der Waals surface area contributed by atoms with E-state index in [0.29, 0.717) is 17.8 Å². The fourth-order valence-electron chi connectivity index (χ4n) is 3.82. The van der Waals surface area contributed by atoms with E-state index in [-0.39, 0.29) is 24.1 Å². The number of rotatable bonds is 6. The third-order valence-electron chi connectivity index (χ3n) is 5.53. The van der Waals surface area contributed by atoms with Crippen LogP contribution in [-0.4, -0.2) is 48.0 Å². The van der Waals surface area contributed by atoms with Crippen LogP contribution in [0.1, 0.15) is 23.2 Å². The molecule has 4 rings (SSSR count). The Labute approximate surface area is 174 Å². The van der Waals surface area contributed by atoms with Crippen molar-refractivity contribution in [3.05, 3.63) is 66.1 Å². The molecule has 2 aromatic carbocycles. The summed E-state index contributed by atoms with van der Waals surface area (Å²) >= 11 is 0. The molecule has 7 heteroatoms. The van der Waals surface area contributed by atoms with Crippen LogP contribution in [-0.2, 0) is 4.74 Å². The molecule has 2 N–H and O–H groups in total. The molecule has 2 heterocycles. The van der Waals surface area contributed by atoms with Crippen LogP contribution in [0.4, 0.5) is 14.9 Å². The lowest BCUT2D eigenvalue weighted by atomic mass is 9.89. The molecule has 1 aliphatic heterocycles. The molecular weight excluding hydrogens is 385 g/mol. The third-order valence-corrected chi connectivity index (χ3v) is 5.53. The number of ketones is 1. The summed E-state index contributed by atoms with van der Waals surface area (Å²) in [5.41, 5.74) is 2.26. The van der Waals surface area contributed by atoms with E-state index in [4.69, 9.17) is 4.74 Å².